The molecular weight excluding hydrogens is 224 g/mol. The third-order valence-corrected chi connectivity index (χ3v) is 3.76. The Hall–Kier alpha value is -1.14. The van der Waals surface area contributed by atoms with Crippen LogP contribution in [0, 0.1) is 11.8 Å². The first-order valence-corrected chi connectivity index (χ1v) is 5.92. The molecule has 0 bridgehead atoms. The van der Waals surface area contributed by atoms with E-state index < -0.39 is 18.1 Å². The van der Waals surface area contributed by atoms with E-state index in [-0.39, 0.29) is 30.7 Å². The van der Waals surface area contributed by atoms with Crippen LogP contribution in [-0.2, 0) is 9.59 Å². The van der Waals surface area contributed by atoms with Crippen LogP contribution in [0.5, 0.6) is 0 Å². The van der Waals surface area contributed by atoms with E-state index in [2.05, 4.69) is 5.32 Å². The van der Waals surface area contributed by atoms with Crippen LogP contribution in [0.25, 0.3) is 0 Å². The number of aliphatic hydroxyl groups is 1. The van der Waals surface area contributed by atoms with Gasteiger partial charge in [-0.05, 0) is 19.0 Å². The zero-order valence-electron chi connectivity index (χ0n) is 9.80. The second kappa shape index (κ2) is 4.62. The first kappa shape index (κ1) is 12.3. The number of nitrogens with zero attached hydrogens (tertiary/aromatic N) is 1. The second-order valence-electron chi connectivity index (χ2n) is 4.94. The minimum Gasteiger partial charge on any atom is -0.480 e. The number of carboxylic acid groups (broad SMARTS) is 1. The Bertz CT molecular complexity index is 329. The topological polar surface area (TPSA) is 89.9 Å². The van der Waals surface area contributed by atoms with Crippen molar-refractivity contribution < 1.29 is 19.8 Å². The minimum absolute atomic E-state index is 0.136. The highest BCUT2D eigenvalue weighted by Crippen LogP contribution is 2.25. The summed E-state index contributed by atoms with van der Waals surface area (Å²) in [5.41, 5.74) is 0. The molecule has 2 fully saturated rings. The Morgan fingerprint density at radius 3 is 2.53 bits per heavy atom. The number of carbonyl (C=O) groups is 2. The maximum Gasteiger partial charge on any atom is 0.326 e. The van der Waals surface area contributed by atoms with Crippen molar-refractivity contribution in [1.82, 2.24) is 10.2 Å². The molecule has 2 aliphatic heterocycles. The fraction of sp³-hybridized carbons (Fsp3) is 0.818. The second-order valence-corrected chi connectivity index (χ2v) is 4.94. The highest BCUT2D eigenvalue weighted by Gasteiger charge is 2.42. The summed E-state index contributed by atoms with van der Waals surface area (Å²) in [4.78, 5) is 24.5. The van der Waals surface area contributed by atoms with Crippen LogP contribution >= 0.6 is 0 Å². The molecule has 2 aliphatic rings. The van der Waals surface area contributed by atoms with Gasteiger partial charge in [-0.15, -0.1) is 0 Å². The molecule has 0 spiro atoms. The number of β-amino-alcohol motifs (C(OH)–C–C–N with tert-alkyl or cyclic N) is 1. The molecular formula is C11H18N2O4. The lowest BCUT2D eigenvalue weighted by atomic mass is 9.88. The average Bonchev–Trinajstić information content (AvgIpc) is 2.56. The molecule has 0 aromatic heterocycles. The molecule has 2 heterocycles. The lowest BCUT2D eigenvalue weighted by Gasteiger charge is -2.34. The number of hydrogen-bond acceptors (Lipinski definition) is 4. The quantitative estimate of drug-likeness (QED) is 0.584. The van der Waals surface area contributed by atoms with E-state index in [9.17, 15) is 14.7 Å². The van der Waals surface area contributed by atoms with Gasteiger partial charge >= 0.3 is 5.97 Å². The van der Waals surface area contributed by atoms with Crippen molar-refractivity contribution in [3.63, 3.8) is 0 Å². The van der Waals surface area contributed by atoms with Gasteiger partial charge in [0.05, 0.1) is 6.10 Å². The fourth-order valence-electron chi connectivity index (χ4n) is 2.42. The molecule has 6 heteroatoms. The number of likely N-dealkylation sites (tertiary alicyclic amines) is 1. The first-order chi connectivity index (χ1) is 8.00. The zero-order chi connectivity index (χ0) is 12.6. The van der Waals surface area contributed by atoms with E-state index in [0.717, 1.165) is 13.1 Å². The molecule has 0 aromatic rings. The summed E-state index contributed by atoms with van der Waals surface area (Å²) in [6, 6.07) is -0.868. The predicted molar refractivity (Wildman–Crippen MR) is 59.3 cm³/mol. The van der Waals surface area contributed by atoms with Crippen LogP contribution in [0.2, 0.25) is 0 Å². The Balaban J connectivity index is 2.04. The molecule has 17 heavy (non-hydrogen) atoms. The summed E-state index contributed by atoms with van der Waals surface area (Å²) in [7, 11) is 0. The van der Waals surface area contributed by atoms with E-state index in [1.807, 2.05) is 6.92 Å². The summed E-state index contributed by atoms with van der Waals surface area (Å²) in [6.07, 6.45) is -0.580. The lowest BCUT2D eigenvalue weighted by Crippen LogP contribution is -2.52. The van der Waals surface area contributed by atoms with Gasteiger partial charge in [-0.25, -0.2) is 4.79 Å². The molecule has 3 N–H and O–H groups in total. The van der Waals surface area contributed by atoms with Gasteiger partial charge in [0.2, 0.25) is 5.91 Å². The van der Waals surface area contributed by atoms with Gasteiger partial charge in [0, 0.05) is 18.9 Å². The number of carboxylic acids is 1. The molecule has 1 amide bonds. The molecule has 6 nitrogen and oxygen atoms in total. The van der Waals surface area contributed by atoms with Crippen molar-refractivity contribution in [3.8, 4) is 0 Å². The van der Waals surface area contributed by atoms with Gasteiger partial charge in [-0.2, -0.15) is 0 Å². The first-order valence-electron chi connectivity index (χ1n) is 5.92. The zero-order valence-corrected chi connectivity index (χ0v) is 9.80. The van der Waals surface area contributed by atoms with E-state index in [0.29, 0.717) is 0 Å². The van der Waals surface area contributed by atoms with Gasteiger partial charge in [0.15, 0.2) is 0 Å². The Morgan fingerprint density at radius 2 is 2.06 bits per heavy atom. The van der Waals surface area contributed by atoms with Crippen molar-refractivity contribution in [3.05, 3.63) is 0 Å². The van der Waals surface area contributed by atoms with Crippen LogP contribution in [0.1, 0.15) is 13.3 Å². The van der Waals surface area contributed by atoms with Crippen LogP contribution in [0.4, 0.5) is 0 Å². The maximum absolute atomic E-state index is 12.2. The van der Waals surface area contributed by atoms with Crippen LogP contribution in [-0.4, -0.2) is 58.8 Å². The van der Waals surface area contributed by atoms with E-state index in [4.69, 9.17) is 5.11 Å². The number of aliphatic hydroxyl groups excluding tert-OH is 1. The Morgan fingerprint density at radius 1 is 1.41 bits per heavy atom. The molecule has 0 aliphatic carbocycles. The molecule has 2 saturated heterocycles. The highest BCUT2D eigenvalue weighted by molar-refractivity contribution is 5.86. The SMILES string of the molecule is CC(C(=O)N1C[C@H](O)C[C@@H]1C(=O)O)C1CNC1. The third kappa shape index (κ3) is 2.28. The normalized spacial score (nSPS) is 31.1. The molecule has 3 atom stereocenters. The highest BCUT2D eigenvalue weighted by atomic mass is 16.4. The number of nitrogens with one attached hydrogen (secondary N) is 1. The number of hydrogen-bond donors (Lipinski definition) is 3. The predicted octanol–water partition coefficient (Wildman–Crippen LogP) is -1.11. The van der Waals surface area contributed by atoms with Gasteiger partial charge in [0.1, 0.15) is 6.04 Å². The van der Waals surface area contributed by atoms with Gasteiger partial charge in [0.25, 0.3) is 0 Å². The molecule has 2 rings (SSSR count). The lowest BCUT2D eigenvalue weighted by molar-refractivity contribution is -0.150. The smallest absolute Gasteiger partial charge is 0.326 e. The molecule has 1 unspecified atom stereocenters. The monoisotopic (exact) mass is 242 g/mol. The van der Waals surface area contributed by atoms with Gasteiger partial charge in [-0.3, -0.25) is 4.79 Å². The average molecular weight is 242 g/mol. The van der Waals surface area contributed by atoms with Crippen molar-refractivity contribution in [2.45, 2.75) is 25.5 Å². The molecule has 0 aromatic carbocycles. The standard InChI is InChI=1S/C11H18N2O4/c1-6(7-3-12-4-7)10(15)13-5-8(14)2-9(13)11(16)17/h6-9,12,14H,2-5H2,1H3,(H,16,17)/t6?,8-,9-/m1/s1. The Kier molecular flexibility index (Phi) is 3.35. The summed E-state index contributed by atoms with van der Waals surface area (Å²) < 4.78 is 0. The van der Waals surface area contributed by atoms with Crippen molar-refractivity contribution in [1.29, 1.82) is 0 Å². The minimum atomic E-state index is -1.03. The largest absolute Gasteiger partial charge is 0.480 e. The maximum atomic E-state index is 12.2. The van der Waals surface area contributed by atoms with Crippen LogP contribution < -0.4 is 5.32 Å². The third-order valence-electron chi connectivity index (χ3n) is 3.76. The van der Waals surface area contributed by atoms with E-state index in [1.165, 1.54) is 4.90 Å². The molecule has 0 radical (unpaired) electrons. The number of aliphatic carboxylic acids is 1. The van der Waals surface area contributed by atoms with Crippen molar-refractivity contribution in [2.24, 2.45) is 11.8 Å². The summed E-state index contributed by atoms with van der Waals surface area (Å²) in [5, 5.41) is 21.6. The molecule has 96 valence electrons. The molecule has 0 saturated carbocycles. The number of amides is 1. The number of carbonyl (C=O) groups excluding carboxylic acids is 1. The van der Waals surface area contributed by atoms with Crippen molar-refractivity contribution in [2.75, 3.05) is 19.6 Å². The van der Waals surface area contributed by atoms with Gasteiger partial charge < -0.3 is 20.4 Å². The van der Waals surface area contributed by atoms with E-state index >= 15 is 0 Å². The van der Waals surface area contributed by atoms with E-state index in [1.54, 1.807) is 0 Å². The van der Waals surface area contributed by atoms with Gasteiger partial charge in [-0.1, -0.05) is 6.92 Å². The summed E-state index contributed by atoms with van der Waals surface area (Å²) in [5.74, 6) is -1.08. The Labute approximate surface area is 99.6 Å². The van der Waals surface area contributed by atoms with Crippen LogP contribution in [0.15, 0.2) is 0 Å². The summed E-state index contributed by atoms with van der Waals surface area (Å²) >= 11 is 0. The van der Waals surface area contributed by atoms with Crippen molar-refractivity contribution >= 4 is 11.9 Å². The summed E-state index contributed by atoms with van der Waals surface area (Å²) in [6.45, 7) is 3.58. The number of rotatable bonds is 3. The van der Waals surface area contributed by atoms with Crippen LogP contribution in [0.3, 0.4) is 0 Å². The fourth-order valence-corrected chi connectivity index (χ4v) is 2.42.